The molecule has 64 valence electrons. The van der Waals surface area contributed by atoms with Crippen LogP contribution < -0.4 is 0 Å². The van der Waals surface area contributed by atoms with Gasteiger partial charge in [0, 0.05) is 0 Å². The minimum Gasteiger partial charge on any atom is -0.466 e. The molecule has 1 aliphatic rings. The molecule has 0 spiro atoms. The molecule has 0 heterocycles. The van der Waals surface area contributed by atoms with Crippen LogP contribution in [0.3, 0.4) is 0 Å². The summed E-state index contributed by atoms with van der Waals surface area (Å²) in [6, 6.07) is 0. The largest absolute Gasteiger partial charge is 0.466 e. The lowest BCUT2D eigenvalue weighted by Crippen LogP contribution is -2.24. The number of hydrogen-bond donors (Lipinski definition) is 1. The third-order valence-corrected chi connectivity index (χ3v) is 2.07. The molecular formula is C8H14O3. The molecule has 2 atom stereocenters. The van der Waals surface area contributed by atoms with Crippen molar-refractivity contribution in [1.82, 2.24) is 0 Å². The smallest absolute Gasteiger partial charge is 0.311 e. The second-order valence-electron chi connectivity index (χ2n) is 2.86. The molecule has 3 nitrogen and oxygen atoms in total. The molecule has 1 fully saturated rings. The monoisotopic (exact) mass is 158 g/mol. The SMILES string of the molecule is CCOC(=O)[C@H]1CCC[C@@H]1O. The number of aliphatic hydroxyl groups is 1. The fourth-order valence-electron chi connectivity index (χ4n) is 1.46. The van der Waals surface area contributed by atoms with E-state index in [1.54, 1.807) is 6.92 Å². The van der Waals surface area contributed by atoms with Crippen molar-refractivity contribution in [2.24, 2.45) is 5.92 Å². The number of carbonyl (C=O) groups excluding carboxylic acids is 1. The lowest BCUT2D eigenvalue weighted by molar-refractivity contribution is -0.150. The van der Waals surface area contributed by atoms with Gasteiger partial charge in [-0.15, -0.1) is 0 Å². The second-order valence-corrected chi connectivity index (χ2v) is 2.86. The van der Waals surface area contributed by atoms with Crippen LogP contribution >= 0.6 is 0 Å². The first kappa shape index (κ1) is 8.53. The normalized spacial score (nSPS) is 30.4. The van der Waals surface area contributed by atoms with Crippen LogP contribution in [-0.4, -0.2) is 23.8 Å². The Morgan fingerprint density at radius 3 is 2.82 bits per heavy atom. The number of carbonyl (C=O) groups is 1. The van der Waals surface area contributed by atoms with Crippen LogP contribution in [0.4, 0.5) is 0 Å². The highest BCUT2D eigenvalue weighted by molar-refractivity contribution is 5.73. The highest BCUT2D eigenvalue weighted by Gasteiger charge is 2.32. The summed E-state index contributed by atoms with van der Waals surface area (Å²) >= 11 is 0. The molecule has 0 aromatic heterocycles. The maximum atomic E-state index is 11.1. The summed E-state index contributed by atoms with van der Waals surface area (Å²) in [5.41, 5.74) is 0. The summed E-state index contributed by atoms with van der Waals surface area (Å²) in [6.07, 6.45) is 1.99. The van der Waals surface area contributed by atoms with Gasteiger partial charge in [0.1, 0.15) is 0 Å². The molecule has 0 amide bonds. The number of aliphatic hydroxyl groups excluding tert-OH is 1. The predicted octanol–water partition coefficient (Wildman–Crippen LogP) is 0.710. The number of esters is 1. The Kier molecular flexibility index (Phi) is 2.88. The predicted molar refractivity (Wildman–Crippen MR) is 40.0 cm³/mol. The maximum absolute atomic E-state index is 11.1. The summed E-state index contributed by atoms with van der Waals surface area (Å²) in [5, 5.41) is 9.29. The molecule has 1 saturated carbocycles. The Labute approximate surface area is 66.4 Å². The van der Waals surface area contributed by atoms with Gasteiger partial charge >= 0.3 is 5.97 Å². The third-order valence-electron chi connectivity index (χ3n) is 2.07. The number of rotatable bonds is 2. The topological polar surface area (TPSA) is 46.5 Å². The van der Waals surface area contributed by atoms with Crippen molar-refractivity contribution in [3.05, 3.63) is 0 Å². The van der Waals surface area contributed by atoms with Crippen LogP contribution in [0.15, 0.2) is 0 Å². The first-order valence-corrected chi connectivity index (χ1v) is 4.10. The molecule has 11 heavy (non-hydrogen) atoms. The van der Waals surface area contributed by atoms with Gasteiger partial charge in [-0.3, -0.25) is 4.79 Å². The summed E-state index contributed by atoms with van der Waals surface area (Å²) in [7, 11) is 0. The van der Waals surface area contributed by atoms with E-state index < -0.39 is 6.10 Å². The van der Waals surface area contributed by atoms with Crippen molar-refractivity contribution in [3.8, 4) is 0 Å². The molecule has 3 heteroatoms. The lowest BCUT2D eigenvalue weighted by atomic mass is 10.1. The van der Waals surface area contributed by atoms with Crippen molar-refractivity contribution in [1.29, 1.82) is 0 Å². The van der Waals surface area contributed by atoms with Crippen LogP contribution in [0.25, 0.3) is 0 Å². The van der Waals surface area contributed by atoms with Crippen LogP contribution in [0.5, 0.6) is 0 Å². The van der Waals surface area contributed by atoms with E-state index in [1.807, 2.05) is 0 Å². The zero-order valence-corrected chi connectivity index (χ0v) is 6.75. The zero-order valence-electron chi connectivity index (χ0n) is 6.75. The van der Waals surface area contributed by atoms with Gasteiger partial charge in [0.2, 0.25) is 0 Å². The third kappa shape index (κ3) is 1.93. The van der Waals surface area contributed by atoms with Crippen LogP contribution in [-0.2, 0) is 9.53 Å². The molecule has 0 unspecified atom stereocenters. The van der Waals surface area contributed by atoms with Crippen LogP contribution in [0.2, 0.25) is 0 Å². The van der Waals surface area contributed by atoms with Gasteiger partial charge in [-0.05, 0) is 26.2 Å². The highest BCUT2D eigenvalue weighted by Crippen LogP contribution is 2.26. The minimum absolute atomic E-state index is 0.238. The molecule has 1 rings (SSSR count). The Balaban J connectivity index is 2.39. The standard InChI is InChI=1S/C8H14O3/c1-2-11-8(10)6-4-3-5-7(6)9/h6-7,9H,2-5H2,1H3/t6-,7-/m0/s1. The van der Waals surface area contributed by atoms with E-state index in [0.717, 1.165) is 19.3 Å². The van der Waals surface area contributed by atoms with Crippen molar-refractivity contribution >= 4 is 5.97 Å². The summed E-state index contributed by atoms with van der Waals surface area (Å²) in [5.74, 6) is -0.493. The first-order valence-electron chi connectivity index (χ1n) is 4.10. The molecule has 1 N–H and O–H groups in total. The van der Waals surface area contributed by atoms with E-state index in [-0.39, 0.29) is 11.9 Å². The average molecular weight is 158 g/mol. The van der Waals surface area contributed by atoms with Gasteiger partial charge in [-0.2, -0.15) is 0 Å². The number of hydrogen-bond acceptors (Lipinski definition) is 3. The van der Waals surface area contributed by atoms with Crippen LogP contribution in [0, 0.1) is 5.92 Å². The molecule has 0 aromatic rings. The van der Waals surface area contributed by atoms with Crippen molar-refractivity contribution < 1.29 is 14.6 Å². The van der Waals surface area contributed by atoms with E-state index in [1.165, 1.54) is 0 Å². The molecular weight excluding hydrogens is 144 g/mol. The van der Waals surface area contributed by atoms with Gasteiger partial charge in [0.25, 0.3) is 0 Å². The minimum atomic E-state index is -0.464. The molecule has 0 radical (unpaired) electrons. The van der Waals surface area contributed by atoms with E-state index in [0.29, 0.717) is 6.61 Å². The van der Waals surface area contributed by atoms with Gasteiger partial charge in [-0.1, -0.05) is 0 Å². The van der Waals surface area contributed by atoms with E-state index in [9.17, 15) is 9.90 Å². The maximum Gasteiger partial charge on any atom is 0.311 e. The second kappa shape index (κ2) is 3.72. The summed E-state index contributed by atoms with van der Waals surface area (Å²) in [6.45, 7) is 2.18. The van der Waals surface area contributed by atoms with Gasteiger partial charge in [-0.25, -0.2) is 0 Å². The molecule has 1 aliphatic carbocycles. The summed E-state index contributed by atoms with van der Waals surface area (Å²) in [4.78, 5) is 11.1. The molecule has 0 bridgehead atoms. The van der Waals surface area contributed by atoms with Crippen molar-refractivity contribution in [3.63, 3.8) is 0 Å². The Hall–Kier alpha value is -0.570. The number of ether oxygens (including phenoxy) is 1. The molecule has 0 aromatic carbocycles. The quantitative estimate of drug-likeness (QED) is 0.602. The van der Waals surface area contributed by atoms with E-state index >= 15 is 0 Å². The van der Waals surface area contributed by atoms with E-state index in [4.69, 9.17) is 4.74 Å². The zero-order chi connectivity index (χ0) is 8.27. The average Bonchev–Trinajstić information content (AvgIpc) is 2.36. The summed E-state index contributed by atoms with van der Waals surface area (Å²) < 4.78 is 4.80. The highest BCUT2D eigenvalue weighted by atomic mass is 16.5. The fourth-order valence-corrected chi connectivity index (χ4v) is 1.46. The Morgan fingerprint density at radius 2 is 2.36 bits per heavy atom. The Morgan fingerprint density at radius 1 is 1.64 bits per heavy atom. The lowest BCUT2D eigenvalue weighted by Gasteiger charge is -2.11. The van der Waals surface area contributed by atoms with Gasteiger partial charge in [0.05, 0.1) is 18.6 Å². The Bertz CT molecular complexity index is 144. The van der Waals surface area contributed by atoms with Gasteiger partial charge < -0.3 is 9.84 Å². The molecule has 0 saturated heterocycles. The van der Waals surface area contributed by atoms with Crippen molar-refractivity contribution in [2.75, 3.05) is 6.61 Å². The van der Waals surface area contributed by atoms with Crippen LogP contribution in [0.1, 0.15) is 26.2 Å². The van der Waals surface area contributed by atoms with Crippen molar-refractivity contribution in [2.45, 2.75) is 32.3 Å². The van der Waals surface area contributed by atoms with Gasteiger partial charge in [0.15, 0.2) is 0 Å². The van der Waals surface area contributed by atoms with E-state index in [2.05, 4.69) is 0 Å². The fraction of sp³-hybridized carbons (Fsp3) is 0.875. The first-order chi connectivity index (χ1) is 5.25. The molecule has 0 aliphatic heterocycles.